The monoisotopic (exact) mass is 338 g/mol. The quantitative estimate of drug-likeness (QED) is 0.616. The van der Waals surface area contributed by atoms with Gasteiger partial charge in [-0.1, -0.05) is 18.7 Å². The Kier molecular flexibility index (Phi) is 6.20. The number of ether oxygens (including phenoxy) is 1. The molecule has 0 N–H and O–H groups in total. The van der Waals surface area contributed by atoms with Crippen LogP contribution in [0.3, 0.4) is 0 Å². The number of hydrogen-bond acceptors (Lipinski definition) is 6. The van der Waals surface area contributed by atoms with Crippen molar-refractivity contribution in [3.05, 3.63) is 17.5 Å². The van der Waals surface area contributed by atoms with Gasteiger partial charge in [0.25, 0.3) is 5.91 Å². The summed E-state index contributed by atoms with van der Waals surface area (Å²) in [5.41, 5.74) is 1.20. The molecule has 2 rings (SSSR count). The summed E-state index contributed by atoms with van der Waals surface area (Å²) in [4.78, 5) is 36.3. The zero-order valence-corrected chi connectivity index (χ0v) is 14.6. The molecule has 1 fully saturated rings. The average molecular weight is 338 g/mol. The number of carbonyl (C=O) groups is 2. The highest BCUT2D eigenvalue weighted by atomic mass is 32.2. The van der Waals surface area contributed by atoms with Crippen molar-refractivity contribution in [2.75, 3.05) is 38.5 Å². The molecular weight excluding hydrogens is 316 g/mol. The van der Waals surface area contributed by atoms with Crippen molar-refractivity contribution in [3.63, 3.8) is 0 Å². The van der Waals surface area contributed by atoms with E-state index in [9.17, 15) is 9.59 Å². The van der Waals surface area contributed by atoms with Crippen molar-refractivity contribution in [2.45, 2.75) is 25.9 Å². The van der Waals surface area contributed by atoms with Gasteiger partial charge in [0.1, 0.15) is 5.69 Å². The van der Waals surface area contributed by atoms with Gasteiger partial charge in [0, 0.05) is 31.9 Å². The van der Waals surface area contributed by atoms with Crippen molar-refractivity contribution in [3.8, 4) is 0 Å². The molecular formula is C15H22N4O3S. The number of nitrogens with zero attached hydrogens (tertiary/aromatic N) is 4. The second-order valence-corrected chi connectivity index (χ2v) is 6.32. The molecule has 0 atom stereocenters. The largest absolute Gasteiger partial charge is 0.450 e. The molecule has 0 bridgehead atoms. The van der Waals surface area contributed by atoms with Crippen molar-refractivity contribution < 1.29 is 14.3 Å². The molecule has 0 aromatic carbocycles. The van der Waals surface area contributed by atoms with Crippen LogP contribution >= 0.6 is 11.8 Å². The van der Waals surface area contributed by atoms with Gasteiger partial charge in [-0.25, -0.2) is 14.8 Å². The lowest BCUT2D eigenvalue weighted by atomic mass is 10.2. The number of aromatic nitrogens is 2. The molecule has 1 aliphatic heterocycles. The number of aryl methyl sites for hydroxylation is 1. The van der Waals surface area contributed by atoms with Gasteiger partial charge in [-0.05, 0) is 25.7 Å². The summed E-state index contributed by atoms with van der Waals surface area (Å²) in [6.07, 6.45) is -0.320. The summed E-state index contributed by atoms with van der Waals surface area (Å²) in [7, 11) is 0. The highest BCUT2D eigenvalue weighted by Crippen LogP contribution is 2.15. The molecule has 1 saturated heterocycles. The van der Waals surface area contributed by atoms with Gasteiger partial charge in [0.15, 0.2) is 5.16 Å². The number of amides is 2. The van der Waals surface area contributed by atoms with Gasteiger partial charge in [0.2, 0.25) is 0 Å². The van der Waals surface area contributed by atoms with Crippen LogP contribution in [0, 0.1) is 6.92 Å². The molecule has 1 aromatic rings. The number of rotatable bonds is 4. The molecule has 23 heavy (non-hydrogen) atoms. The second-order valence-electron chi connectivity index (χ2n) is 5.09. The number of thioether (sulfide) groups is 1. The first kappa shape index (κ1) is 17.5. The fourth-order valence-corrected chi connectivity index (χ4v) is 2.94. The van der Waals surface area contributed by atoms with Gasteiger partial charge < -0.3 is 14.5 Å². The van der Waals surface area contributed by atoms with Crippen LogP contribution in [0.5, 0.6) is 0 Å². The van der Waals surface area contributed by atoms with Crippen molar-refractivity contribution >= 4 is 23.8 Å². The van der Waals surface area contributed by atoms with Gasteiger partial charge in [-0.2, -0.15) is 0 Å². The minimum absolute atomic E-state index is 0.114. The highest BCUT2D eigenvalue weighted by molar-refractivity contribution is 7.99. The van der Waals surface area contributed by atoms with E-state index in [2.05, 4.69) is 9.97 Å². The summed E-state index contributed by atoms with van der Waals surface area (Å²) in [5, 5.41) is 0.626. The lowest BCUT2D eigenvalue weighted by molar-refractivity contribution is 0.0565. The summed E-state index contributed by atoms with van der Waals surface area (Å²) < 4.78 is 4.98. The lowest BCUT2D eigenvalue weighted by Crippen LogP contribution is -2.50. The molecule has 0 radical (unpaired) electrons. The third kappa shape index (κ3) is 4.57. The molecule has 1 aromatic heterocycles. The molecule has 7 nitrogen and oxygen atoms in total. The summed E-state index contributed by atoms with van der Waals surface area (Å²) in [6.45, 7) is 7.94. The Labute approximate surface area is 140 Å². The first-order valence-corrected chi connectivity index (χ1v) is 8.73. The van der Waals surface area contributed by atoms with Crippen LogP contribution in [-0.2, 0) is 4.74 Å². The molecule has 2 heterocycles. The van der Waals surface area contributed by atoms with Gasteiger partial charge in [-0.3, -0.25) is 4.79 Å². The zero-order chi connectivity index (χ0) is 16.8. The van der Waals surface area contributed by atoms with Crippen LogP contribution in [0.1, 0.15) is 30.0 Å². The van der Waals surface area contributed by atoms with Crippen molar-refractivity contribution in [2.24, 2.45) is 0 Å². The summed E-state index contributed by atoms with van der Waals surface area (Å²) in [5.74, 6) is 0.743. The molecule has 2 amide bonds. The Morgan fingerprint density at radius 3 is 2.43 bits per heavy atom. The molecule has 126 valence electrons. The molecule has 0 aliphatic carbocycles. The molecule has 0 unspecified atom stereocenters. The fraction of sp³-hybridized carbons (Fsp3) is 0.600. The number of piperazine rings is 1. The van der Waals surface area contributed by atoms with Crippen LogP contribution in [0.25, 0.3) is 0 Å². The van der Waals surface area contributed by atoms with Crippen LogP contribution in [0.2, 0.25) is 0 Å². The Morgan fingerprint density at radius 1 is 1.17 bits per heavy atom. The van der Waals surface area contributed by atoms with E-state index in [1.807, 2.05) is 13.8 Å². The van der Waals surface area contributed by atoms with E-state index < -0.39 is 0 Å². The van der Waals surface area contributed by atoms with Gasteiger partial charge in [0.05, 0.1) is 6.61 Å². The van der Waals surface area contributed by atoms with Crippen LogP contribution in [0.15, 0.2) is 11.2 Å². The van der Waals surface area contributed by atoms with E-state index in [0.717, 1.165) is 11.4 Å². The van der Waals surface area contributed by atoms with E-state index >= 15 is 0 Å². The zero-order valence-electron chi connectivity index (χ0n) is 13.7. The predicted molar refractivity (Wildman–Crippen MR) is 87.7 cm³/mol. The topological polar surface area (TPSA) is 75.6 Å². The third-order valence-electron chi connectivity index (χ3n) is 3.42. The van der Waals surface area contributed by atoms with Crippen LogP contribution in [0.4, 0.5) is 4.79 Å². The maximum Gasteiger partial charge on any atom is 0.409 e. The Bertz CT molecular complexity index is 574. The Balaban J connectivity index is 2.01. The number of hydrogen-bond donors (Lipinski definition) is 0. The smallest absolute Gasteiger partial charge is 0.409 e. The first-order chi connectivity index (χ1) is 11.0. The minimum Gasteiger partial charge on any atom is -0.450 e. The average Bonchev–Trinajstić information content (AvgIpc) is 2.54. The molecule has 0 spiro atoms. The third-order valence-corrected chi connectivity index (χ3v) is 4.15. The van der Waals surface area contributed by atoms with Crippen LogP contribution < -0.4 is 0 Å². The first-order valence-electron chi connectivity index (χ1n) is 7.74. The SMILES string of the molecule is CCOC(=O)N1CCN(C(=O)c2cc(C)nc(SCC)n2)CC1. The number of carbonyl (C=O) groups excluding carboxylic acids is 2. The lowest BCUT2D eigenvalue weighted by Gasteiger charge is -2.33. The summed E-state index contributed by atoms with van der Waals surface area (Å²) >= 11 is 1.52. The van der Waals surface area contributed by atoms with Crippen molar-refractivity contribution in [1.29, 1.82) is 0 Å². The normalized spacial score (nSPS) is 14.7. The van der Waals surface area contributed by atoms with E-state index in [1.165, 1.54) is 11.8 Å². The maximum absolute atomic E-state index is 12.6. The second kappa shape index (κ2) is 8.14. The highest BCUT2D eigenvalue weighted by Gasteiger charge is 2.26. The predicted octanol–water partition coefficient (Wildman–Crippen LogP) is 1.81. The van der Waals surface area contributed by atoms with Gasteiger partial charge >= 0.3 is 6.09 Å². The Morgan fingerprint density at radius 2 is 1.83 bits per heavy atom. The Hall–Kier alpha value is -1.83. The molecule has 8 heteroatoms. The van der Waals surface area contributed by atoms with Gasteiger partial charge in [-0.15, -0.1) is 0 Å². The molecule has 1 aliphatic rings. The standard InChI is InChI=1S/C15H22N4O3S/c1-4-22-15(21)19-8-6-18(7-9-19)13(20)12-10-11(3)16-14(17-12)23-5-2/h10H,4-9H2,1-3H3. The summed E-state index contributed by atoms with van der Waals surface area (Å²) in [6, 6.07) is 1.71. The van der Waals surface area contributed by atoms with E-state index in [1.54, 1.807) is 22.8 Å². The van der Waals surface area contributed by atoms with E-state index in [-0.39, 0.29) is 12.0 Å². The maximum atomic E-state index is 12.6. The van der Waals surface area contributed by atoms with E-state index in [0.29, 0.717) is 43.6 Å². The minimum atomic E-state index is -0.320. The molecule has 0 saturated carbocycles. The van der Waals surface area contributed by atoms with Crippen molar-refractivity contribution in [1.82, 2.24) is 19.8 Å². The van der Waals surface area contributed by atoms with Crippen LogP contribution in [-0.4, -0.2) is 70.3 Å². The van der Waals surface area contributed by atoms with E-state index in [4.69, 9.17) is 4.74 Å². The fourth-order valence-electron chi connectivity index (χ4n) is 2.31.